The summed E-state index contributed by atoms with van der Waals surface area (Å²) in [6.45, 7) is 14.4. The second-order valence-electron chi connectivity index (χ2n) is 24.7. The third kappa shape index (κ3) is 30.4. The number of hydrogen-bond acceptors (Lipinski definition) is 19. The van der Waals surface area contributed by atoms with Gasteiger partial charge < -0.3 is 95.9 Å². The average Bonchev–Trinajstić information content (AvgIpc) is 1.72. The molecule has 99 heavy (non-hydrogen) atoms. The third-order valence-electron chi connectivity index (χ3n) is 15.6. The number of H-pyrrole nitrogens is 2. The number of carbonyl (C=O) groups excluding carboxylic acids is 13. The van der Waals surface area contributed by atoms with Crippen LogP contribution in [0, 0.1) is 25.7 Å². The van der Waals surface area contributed by atoms with E-state index in [9.17, 15) is 62.3 Å². The number of imidazole rings is 1. The molecule has 20 N–H and O–H groups in total. The zero-order valence-electron chi connectivity index (χ0n) is 57.7. The molecule has 0 aliphatic rings. The highest BCUT2D eigenvalue weighted by Gasteiger charge is 2.34. The van der Waals surface area contributed by atoms with Gasteiger partial charge in [0, 0.05) is 93.1 Å². The van der Waals surface area contributed by atoms with E-state index in [1.165, 1.54) is 31.2 Å². The van der Waals surface area contributed by atoms with Gasteiger partial charge in [-0.3, -0.25) is 67.0 Å². The van der Waals surface area contributed by atoms with Crippen molar-refractivity contribution in [2.24, 2.45) is 29.0 Å². The molecule has 0 spiro atoms. The van der Waals surface area contributed by atoms with Crippen LogP contribution in [0.1, 0.15) is 95.8 Å². The molecule has 35 heteroatoms. The van der Waals surface area contributed by atoms with E-state index in [2.05, 4.69) is 88.8 Å². The minimum absolute atomic E-state index is 0.0999. The van der Waals surface area contributed by atoms with Gasteiger partial charge in [0.05, 0.1) is 44.7 Å². The number of nitrogens with two attached hydrogens (primary N) is 3. The summed E-state index contributed by atoms with van der Waals surface area (Å²) in [5.41, 5.74) is 20.3. The Morgan fingerprint density at radius 2 is 1.22 bits per heavy atom. The predicted octanol–water partition coefficient (Wildman–Crippen LogP) is -4.10. The number of aromatic nitrogens is 5. The van der Waals surface area contributed by atoms with Crippen LogP contribution < -0.4 is 81.0 Å². The van der Waals surface area contributed by atoms with E-state index in [0.29, 0.717) is 73.6 Å². The number of nitrogens with zero attached hydrogens (tertiary/aromatic N) is 4. The van der Waals surface area contributed by atoms with E-state index < -0.39 is 152 Å². The van der Waals surface area contributed by atoms with Gasteiger partial charge in [-0.25, -0.2) is 4.98 Å². The molecule has 0 fully saturated rings. The second-order valence-corrected chi connectivity index (χ2v) is 25.7. The van der Waals surface area contributed by atoms with E-state index in [4.69, 9.17) is 17.2 Å². The summed E-state index contributed by atoms with van der Waals surface area (Å²) in [4.78, 5) is 185. The van der Waals surface area contributed by atoms with Crippen molar-refractivity contribution in [3.63, 3.8) is 0 Å². The molecule has 3 heterocycles. The van der Waals surface area contributed by atoms with Gasteiger partial charge in [0.2, 0.25) is 76.8 Å². The predicted molar refractivity (Wildman–Crippen MR) is 370 cm³/mol. The quantitative estimate of drug-likeness (QED) is 0.0187. The highest BCUT2D eigenvalue weighted by molar-refractivity contribution is 7.98. The van der Waals surface area contributed by atoms with Crippen LogP contribution in [-0.2, 0) is 81.7 Å². The third-order valence-corrected chi connectivity index (χ3v) is 16.2. The van der Waals surface area contributed by atoms with Crippen molar-refractivity contribution in [1.82, 2.24) is 93.4 Å². The Hall–Kier alpha value is -9.48. The number of benzene rings is 1. The molecule has 0 saturated carbocycles. The molecule has 0 unspecified atom stereocenters. The number of amides is 13. The molecule has 13 amide bonds. The van der Waals surface area contributed by atoms with Crippen LogP contribution in [0.5, 0.6) is 0 Å². The molecule has 0 bridgehead atoms. The Kier molecular flexibility index (Phi) is 35.6. The Labute approximate surface area is 579 Å². The molecule has 546 valence electrons. The zero-order chi connectivity index (χ0) is 73.1. The molecular weight excluding hydrogens is 1300 g/mol. The first kappa shape index (κ1) is 81.9. The van der Waals surface area contributed by atoms with Gasteiger partial charge in [-0.2, -0.15) is 16.9 Å². The van der Waals surface area contributed by atoms with Gasteiger partial charge in [-0.15, -0.1) is 0 Å². The fraction of sp³-hybridized carbons (Fsp3) is 0.578. The van der Waals surface area contributed by atoms with E-state index >= 15 is 0 Å². The lowest BCUT2D eigenvalue weighted by Gasteiger charge is -2.26. The molecule has 0 radical (unpaired) electrons. The molecule has 34 nitrogen and oxygen atoms in total. The largest absolute Gasteiger partial charge is 0.370 e. The summed E-state index contributed by atoms with van der Waals surface area (Å²) in [6, 6.07) is 0.0513. The van der Waals surface area contributed by atoms with Crippen LogP contribution in [0.2, 0.25) is 0 Å². The summed E-state index contributed by atoms with van der Waals surface area (Å²) in [6.07, 6.45) is 6.30. The lowest BCUT2D eigenvalue weighted by atomic mass is 10.0. The Balaban J connectivity index is 1.34. The number of primary amides is 2. The number of fused-ring (bicyclic) bond motifs is 1. The van der Waals surface area contributed by atoms with Crippen molar-refractivity contribution in [3.05, 3.63) is 71.7 Å². The molecule has 0 aliphatic heterocycles. The minimum atomic E-state index is -1.51. The standard InChI is InChI=1S/C64H101N21O13S/c1-37(2)26-48(62(96)79-46(58(67)92)17-25-99-8)80-63(97)50(29-43-31-69-36-75-43)78-56(91)35-74-64(98)57(38(3)4)82-59(93)41(7)76-61(95)49(28-42-30-70-45-13-10-9-12-44(42)45)81-60(94)47(15-16-51(66)86)77-55(90)34-73-54(89)33-72-53(88)32-71-52(87)14-11-21-84(22-20-68-19-18-65)23-24-85-40(6)27-39(5)83-85/h9-10,12-13,27,30-31,36-38,41,46-50,57,68,70H,11,14-26,28-29,32-35,65H2,1-8H3,(H2,66,86)(H2,67,92)(H,69,75)(H,71,87)(H,72,88)(H,73,89)(H,74,98)(H,76,95)(H,77,90)(H,78,91)(H,79,96)(H,80,97)(H,81,94)(H,82,93)/t41-,46-,47-,48-,49-,50-,57-/m0/s1. The number of aryl methyl sites for hydroxylation is 2. The number of thioether (sulfide) groups is 1. The van der Waals surface area contributed by atoms with Crippen LogP contribution >= 0.6 is 11.8 Å². The molecule has 4 rings (SSSR count). The SMILES string of the molecule is CSCC[C@H](NC(=O)[C@H](CC(C)C)NC(=O)[C@H](Cc1cnc[nH]1)NC(=O)CNC(=O)[C@@H](NC(=O)[C@H](C)NC(=O)[C@H](Cc1c[nH]c2ccccc12)NC(=O)[C@H](CCC(N)=O)NC(=O)CNC(=O)CNC(=O)CNC(=O)CCCN(CCNCCN)CCn1nc(C)cc1C)C(C)C)C(N)=O. The highest BCUT2D eigenvalue weighted by atomic mass is 32.2. The van der Waals surface area contributed by atoms with Crippen molar-refractivity contribution >= 4 is 99.5 Å². The first-order chi connectivity index (χ1) is 47.1. The van der Waals surface area contributed by atoms with Crippen molar-refractivity contribution in [2.75, 3.05) is 77.5 Å². The smallest absolute Gasteiger partial charge is 0.243 e. The molecule has 3 aromatic heterocycles. The van der Waals surface area contributed by atoms with Crippen LogP contribution in [0.25, 0.3) is 10.9 Å². The normalized spacial score (nSPS) is 13.4. The van der Waals surface area contributed by atoms with Crippen molar-refractivity contribution in [1.29, 1.82) is 0 Å². The van der Waals surface area contributed by atoms with Crippen molar-refractivity contribution < 1.29 is 62.3 Å². The lowest BCUT2D eigenvalue weighted by Crippen LogP contribution is -2.59. The fourth-order valence-corrected chi connectivity index (χ4v) is 10.7. The Morgan fingerprint density at radius 1 is 0.616 bits per heavy atom. The number of hydrogen-bond donors (Lipinski definition) is 17. The van der Waals surface area contributed by atoms with Gasteiger partial charge in [0.25, 0.3) is 0 Å². The van der Waals surface area contributed by atoms with E-state index in [0.717, 1.165) is 17.9 Å². The molecule has 0 saturated heterocycles. The Bertz CT molecular complexity index is 3340. The zero-order valence-corrected chi connectivity index (χ0v) is 58.5. The van der Waals surface area contributed by atoms with Gasteiger partial charge in [0.15, 0.2) is 0 Å². The van der Waals surface area contributed by atoms with Gasteiger partial charge >= 0.3 is 0 Å². The average molecular weight is 1400 g/mol. The van der Waals surface area contributed by atoms with E-state index in [-0.39, 0.29) is 50.4 Å². The summed E-state index contributed by atoms with van der Waals surface area (Å²) < 4.78 is 1.94. The van der Waals surface area contributed by atoms with Gasteiger partial charge in [-0.05, 0) is 94.5 Å². The number of aromatic amines is 2. The van der Waals surface area contributed by atoms with Crippen molar-refractivity contribution in [3.8, 4) is 0 Å². The summed E-state index contributed by atoms with van der Waals surface area (Å²) in [5, 5.41) is 36.4. The maximum atomic E-state index is 14.3. The minimum Gasteiger partial charge on any atom is -0.370 e. The molecule has 0 aliphatic carbocycles. The van der Waals surface area contributed by atoms with Crippen LogP contribution in [0.15, 0.2) is 49.1 Å². The molecular formula is C64H101N21O13S. The van der Waals surface area contributed by atoms with E-state index in [1.807, 2.05) is 44.7 Å². The van der Waals surface area contributed by atoms with Crippen LogP contribution in [-0.4, -0.2) is 226 Å². The fourth-order valence-electron chi connectivity index (χ4n) is 10.3. The van der Waals surface area contributed by atoms with E-state index in [1.54, 1.807) is 44.3 Å². The molecule has 1 aromatic carbocycles. The monoisotopic (exact) mass is 1400 g/mol. The number of rotatable bonds is 47. The maximum absolute atomic E-state index is 14.3. The van der Waals surface area contributed by atoms with Crippen molar-refractivity contribution in [2.45, 2.75) is 149 Å². The van der Waals surface area contributed by atoms with Crippen LogP contribution in [0.4, 0.5) is 0 Å². The number of carbonyl (C=O) groups is 13. The maximum Gasteiger partial charge on any atom is 0.243 e. The van der Waals surface area contributed by atoms with Gasteiger partial charge in [0.1, 0.15) is 42.3 Å². The number of para-hydroxylation sites is 1. The molecule has 7 atom stereocenters. The van der Waals surface area contributed by atoms with Gasteiger partial charge in [-0.1, -0.05) is 45.9 Å². The first-order valence-corrected chi connectivity index (χ1v) is 34.4. The van der Waals surface area contributed by atoms with Crippen LogP contribution in [0.3, 0.4) is 0 Å². The topological polar surface area (TPSA) is 510 Å². The highest BCUT2D eigenvalue weighted by Crippen LogP contribution is 2.20. The Morgan fingerprint density at radius 3 is 1.84 bits per heavy atom. The first-order valence-electron chi connectivity index (χ1n) is 33.0. The second kappa shape index (κ2) is 43.0. The molecule has 4 aromatic rings. The summed E-state index contributed by atoms with van der Waals surface area (Å²) >= 11 is 1.46. The summed E-state index contributed by atoms with van der Waals surface area (Å²) in [7, 11) is 0. The summed E-state index contributed by atoms with van der Waals surface area (Å²) in [5.74, 6) is -10.2. The number of nitrogens with one attached hydrogen (secondary N) is 14. The lowest BCUT2D eigenvalue weighted by molar-refractivity contribution is -0.135.